The van der Waals surface area contributed by atoms with Crippen molar-refractivity contribution in [2.45, 2.75) is 18.9 Å². The van der Waals surface area contributed by atoms with E-state index in [9.17, 15) is 4.79 Å². The van der Waals surface area contributed by atoms with Crippen LogP contribution in [0.5, 0.6) is 5.75 Å². The van der Waals surface area contributed by atoms with Crippen LogP contribution in [0.2, 0.25) is 0 Å². The Morgan fingerprint density at radius 2 is 1.88 bits per heavy atom. The van der Waals surface area contributed by atoms with Gasteiger partial charge in [-0.05, 0) is 55.2 Å². The van der Waals surface area contributed by atoms with E-state index in [0.717, 1.165) is 30.0 Å². The molecule has 1 unspecified atom stereocenters. The summed E-state index contributed by atoms with van der Waals surface area (Å²) in [5, 5.41) is 6.36. The first kappa shape index (κ1) is 19.1. The van der Waals surface area contributed by atoms with Crippen molar-refractivity contribution in [1.29, 1.82) is 0 Å². The standard InChI is InChI=1S/C19H23N3O2.ClH/c1-24-15-10-8-14(9-11-15)21-17-5-3-2-4-16(17)19(23)22-18(12-20)13-6-7-13;/h2-5,8-11,13,18,21H,6-7,12,20H2,1H3,(H,22,23);1H. The molecule has 1 atom stereocenters. The smallest absolute Gasteiger partial charge is 0.253 e. The number of benzene rings is 2. The largest absolute Gasteiger partial charge is 0.497 e. The van der Waals surface area contributed by atoms with Crippen LogP contribution in [0.1, 0.15) is 23.2 Å². The predicted octanol–water partition coefficient (Wildman–Crippen LogP) is 3.33. The summed E-state index contributed by atoms with van der Waals surface area (Å²) in [6.45, 7) is 0.477. The Morgan fingerprint density at radius 1 is 1.20 bits per heavy atom. The number of amides is 1. The summed E-state index contributed by atoms with van der Waals surface area (Å²) in [6.07, 6.45) is 2.29. The number of carbonyl (C=O) groups excluding carboxylic acids is 1. The number of para-hydroxylation sites is 1. The fourth-order valence-corrected chi connectivity index (χ4v) is 2.73. The highest BCUT2D eigenvalue weighted by molar-refractivity contribution is 6.00. The molecule has 1 saturated carbocycles. The third-order valence-electron chi connectivity index (χ3n) is 4.30. The van der Waals surface area contributed by atoms with E-state index in [4.69, 9.17) is 10.5 Å². The molecule has 1 amide bonds. The van der Waals surface area contributed by atoms with Crippen molar-refractivity contribution in [1.82, 2.24) is 5.32 Å². The number of ether oxygens (including phenoxy) is 1. The summed E-state index contributed by atoms with van der Waals surface area (Å²) in [7, 11) is 1.63. The number of carbonyl (C=O) groups is 1. The molecular weight excluding hydrogens is 338 g/mol. The van der Waals surface area contributed by atoms with Crippen molar-refractivity contribution in [3.63, 3.8) is 0 Å². The molecule has 0 spiro atoms. The molecule has 0 radical (unpaired) electrons. The number of hydrogen-bond donors (Lipinski definition) is 3. The van der Waals surface area contributed by atoms with E-state index in [1.165, 1.54) is 0 Å². The minimum absolute atomic E-state index is 0. The first-order chi connectivity index (χ1) is 11.7. The number of anilines is 2. The summed E-state index contributed by atoms with van der Waals surface area (Å²) >= 11 is 0. The lowest BCUT2D eigenvalue weighted by molar-refractivity contribution is 0.0934. The number of methoxy groups -OCH3 is 1. The molecule has 3 rings (SSSR count). The quantitative estimate of drug-likeness (QED) is 0.707. The average Bonchev–Trinajstić information content (AvgIpc) is 3.45. The van der Waals surface area contributed by atoms with Gasteiger partial charge in [0.15, 0.2) is 0 Å². The molecule has 1 aliphatic rings. The van der Waals surface area contributed by atoms with Crippen molar-refractivity contribution in [2.24, 2.45) is 11.7 Å². The zero-order valence-electron chi connectivity index (χ0n) is 14.2. The molecule has 0 saturated heterocycles. The Hall–Kier alpha value is -2.24. The van der Waals surface area contributed by atoms with Crippen LogP contribution >= 0.6 is 12.4 Å². The molecule has 0 bridgehead atoms. The van der Waals surface area contributed by atoms with Gasteiger partial charge >= 0.3 is 0 Å². The molecule has 0 heterocycles. The monoisotopic (exact) mass is 361 g/mol. The highest BCUT2D eigenvalue weighted by Gasteiger charge is 2.31. The van der Waals surface area contributed by atoms with Gasteiger partial charge in [0.05, 0.1) is 18.4 Å². The lowest BCUT2D eigenvalue weighted by atomic mass is 10.1. The van der Waals surface area contributed by atoms with Crippen molar-refractivity contribution < 1.29 is 9.53 Å². The number of hydrogen-bond acceptors (Lipinski definition) is 4. The fraction of sp³-hybridized carbons (Fsp3) is 0.316. The zero-order valence-corrected chi connectivity index (χ0v) is 15.0. The molecule has 2 aromatic carbocycles. The van der Waals surface area contributed by atoms with E-state index >= 15 is 0 Å². The second-order valence-corrected chi connectivity index (χ2v) is 6.05. The van der Waals surface area contributed by atoms with E-state index in [1.807, 2.05) is 48.5 Å². The Morgan fingerprint density at radius 3 is 2.48 bits per heavy atom. The number of halogens is 1. The first-order valence-electron chi connectivity index (χ1n) is 8.22. The summed E-state index contributed by atoms with van der Waals surface area (Å²) in [5.41, 5.74) is 8.07. The Balaban J connectivity index is 0.00000225. The van der Waals surface area contributed by atoms with Crippen LogP contribution in [0.3, 0.4) is 0 Å². The highest BCUT2D eigenvalue weighted by atomic mass is 35.5. The van der Waals surface area contributed by atoms with Gasteiger partial charge in [-0.3, -0.25) is 4.79 Å². The summed E-state index contributed by atoms with van der Waals surface area (Å²) in [5.74, 6) is 1.23. The minimum atomic E-state index is -0.0889. The number of nitrogens with one attached hydrogen (secondary N) is 2. The van der Waals surface area contributed by atoms with E-state index in [0.29, 0.717) is 18.0 Å². The lowest BCUT2D eigenvalue weighted by Crippen LogP contribution is -2.41. The molecule has 1 aliphatic carbocycles. The van der Waals surface area contributed by atoms with Gasteiger partial charge < -0.3 is 21.1 Å². The second-order valence-electron chi connectivity index (χ2n) is 6.05. The third kappa shape index (κ3) is 4.87. The average molecular weight is 362 g/mol. The molecular formula is C19H24ClN3O2. The summed E-state index contributed by atoms with van der Waals surface area (Å²) in [4.78, 5) is 12.6. The van der Waals surface area contributed by atoms with Crippen molar-refractivity contribution in [3.8, 4) is 5.75 Å². The van der Waals surface area contributed by atoms with E-state index < -0.39 is 0 Å². The second kappa shape index (κ2) is 8.74. The zero-order chi connectivity index (χ0) is 16.9. The van der Waals surface area contributed by atoms with Gasteiger partial charge in [0, 0.05) is 18.3 Å². The normalized spacial score (nSPS) is 14.2. The molecule has 1 fully saturated rings. The molecule has 6 heteroatoms. The van der Waals surface area contributed by atoms with Crippen LogP contribution in [-0.4, -0.2) is 25.6 Å². The van der Waals surface area contributed by atoms with Gasteiger partial charge in [-0.15, -0.1) is 12.4 Å². The van der Waals surface area contributed by atoms with Crippen LogP contribution in [0.4, 0.5) is 11.4 Å². The first-order valence-corrected chi connectivity index (χ1v) is 8.22. The van der Waals surface area contributed by atoms with Gasteiger partial charge in [-0.25, -0.2) is 0 Å². The number of nitrogens with two attached hydrogens (primary N) is 1. The fourth-order valence-electron chi connectivity index (χ4n) is 2.73. The molecule has 25 heavy (non-hydrogen) atoms. The van der Waals surface area contributed by atoms with Gasteiger partial charge in [0.1, 0.15) is 5.75 Å². The molecule has 134 valence electrons. The molecule has 2 aromatic rings. The SMILES string of the molecule is COc1ccc(Nc2ccccc2C(=O)NC(CN)C2CC2)cc1.Cl. The lowest BCUT2D eigenvalue weighted by Gasteiger charge is -2.18. The maximum atomic E-state index is 12.6. The molecule has 0 aromatic heterocycles. The Kier molecular flexibility index (Phi) is 6.67. The van der Waals surface area contributed by atoms with Gasteiger partial charge in [0.25, 0.3) is 5.91 Å². The molecule has 4 N–H and O–H groups in total. The Bertz CT molecular complexity index is 702. The Labute approximate surface area is 154 Å². The highest BCUT2D eigenvalue weighted by Crippen LogP contribution is 2.32. The van der Waals surface area contributed by atoms with E-state index in [1.54, 1.807) is 7.11 Å². The van der Waals surface area contributed by atoms with Crippen LogP contribution in [0.25, 0.3) is 0 Å². The van der Waals surface area contributed by atoms with Gasteiger partial charge in [-0.1, -0.05) is 12.1 Å². The van der Waals surface area contributed by atoms with Crippen LogP contribution in [0.15, 0.2) is 48.5 Å². The van der Waals surface area contributed by atoms with Crippen LogP contribution in [0, 0.1) is 5.92 Å². The number of rotatable bonds is 7. The van der Waals surface area contributed by atoms with Crippen molar-refractivity contribution in [2.75, 3.05) is 19.0 Å². The minimum Gasteiger partial charge on any atom is -0.497 e. The van der Waals surface area contributed by atoms with Crippen molar-refractivity contribution >= 4 is 29.7 Å². The topological polar surface area (TPSA) is 76.4 Å². The maximum absolute atomic E-state index is 12.6. The summed E-state index contributed by atoms with van der Waals surface area (Å²) < 4.78 is 5.16. The van der Waals surface area contributed by atoms with Gasteiger partial charge in [-0.2, -0.15) is 0 Å². The molecule has 5 nitrogen and oxygen atoms in total. The molecule has 0 aliphatic heterocycles. The van der Waals surface area contributed by atoms with Crippen LogP contribution in [-0.2, 0) is 0 Å². The van der Waals surface area contributed by atoms with E-state index in [2.05, 4.69) is 10.6 Å². The van der Waals surface area contributed by atoms with Crippen LogP contribution < -0.4 is 21.1 Å². The van der Waals surface area contributed by atoms with Gasteiger partial charge in [0.2, 0.25) is 0 Å². The predicted molar refractivity (Wildman–Crippen MR) is 103 cm³/mol. The third-order valence-corrected chi connectivity index (χ3v) is 4.30. The van der Waals surface area contributed by atoms with Crippen molar-refractivity contribution in [3.05, 3.63) is 54.1 Å². The summed E-state index contributed by atoms with van der Waals surface area (Å²) in [6, 6.07) is 15.1. The maximum Gasteiger partial charge on any atom is 0.253 e. The van der Waals surface area contributed by atoms with E-state index in [-0.39, 0.29) is 24.4 Å².